The molecule has 4 heteroatoms. The highest BCUT2D eigenvalue weighted by Gasteiger charge is 2.50. The maximum atomic E-state index is 12.0. The summed E-state index contributed by atoms with van der Waals surface area (Å²) in [5, 5.41) is 18.0. The van der Waals surface area contributed by atoms with E-state index in [-0.39, 0.29) is 18.6 Å². The van der Waals surface area contributed by atoms with Gasteiger partial charge in [-0.1, -0.05) is 6.92 Å². The normalized spacial score (nSPS) is 31.3. The fourth-order valence-corrected chi connectivity index (χ4v) is 2.10. The third-order valence-electron chi connectivity index (χ3n) is 3.26. The molecular formula is C11H18N2O2. The average Bonchev–Trinajstić information content (AvgIpc) is 2.21. The fourth-order valence-electron chi connectivity index (χ4n) is 2.10. The smallest absolute Gasteiger partial charge is 0.243 e. The van der Waals surface area contributed by atoms with Crippen LogP contribution in [-0.4, -0.2) is 35.6 Å². The van der Waals surface area contributed by atoms with E-state index in [0.29, 0.717) is 18.8 Å². The molecule has 1 aliphatic carbocycles. The van der Waals surface area contributed by atoms with E-state index in [9.17, 15) is 4.79 Å². The van der Waals surface area contributed by atoms with Gasteiger partial charge in [-0.2, -0.15) is 5.26 Å². The second-order valence-corrected chi connectivity index (χ2v) is 4.65. The number of rotatable bonds is 3. The molecule has 1 unspecified atom stereocenters. The van der Waals surface area contributed by atoms with Crippen LogP contribution in [-0.2, 0) is 4.79 Å². The lowest BCUT2D eigenvalue weighted by molar-refractivity contribution is -0.146. The molecule has 1 atom stereocenters. The van der Waals surface area contributed by atoms with E-state index in [2.05, 4.69) is 6.07 Å². The molecule has 0 bridgehead atoms. The quantitative estimate of drug-likeness (QED) is 0.748. The Hall–Kier alpha value is -1.08. The Morgan fingerprint density at radius 2 is 2.27 bits per heavy atom. The first-order valence-electron chi connectivity index (χ1n) is 5.26. The third kappa shape index (κ3) is 1.98. The maximum absolute atomic E-state index is 12.0. The Bertz CT molecular complexity index is 289. The molecule has 0 aromatic rings. The zero-order valence-corrected chi connectivity index (χ0v) is 9.53. The molecule has 4 nitrogen and oxygen atoms in total. The van der Waals surface area contributed by atoms with Crippen LogP contribution in [0.25, 0.3) is 0 Å². The minimum atomic E-state index is -0.822. The molecule has 1 rings (SSSR count). The number of nitrogens with zero attached hydrogens (tertiary/aromatic N) is 2. The number of aliphatic hydroxyl groups excluding tert-OH is 1. The Morgan fingerprint density at radius 1 is 1.73 bits per heavy atom. The van der Waals surface area contributed by atoms with Gasteiger partial charge >= 0.3 is 0 Å². The predicted octanol–water partition coefficient (Wildman–Crippen LogP) is 0.765. The van der Waals surface area contributed by atoms with Crippen molar-refractivity contribution in [2.75, 3.05) is 13.7 Å². The summed E-state index contributed by atoms with van der Waals surface area (Å²) in [4.78, 5) is 13.5. The number of aliphatic hydroxyl groups is 1. The number of amides is 1. The van der Waals surface area contributed by atoms with Crippen LogP contribution in [0.3, 0.4) is 0 Å². The number of nitriles is 1. The van der Waals surface area contributed by atoms with Crippen LogP contribution in [0.4, 0.5) is 0 Å². The monoisotopic (exact) mass is 210 g/mol. The highest BCUT2D eigenvalue weighted by atomic mass is 16.3. The molecule has 0 radical (unpaired) electrons. The van der Waals surface area contributed by atoms with E-state index in [1.807, 2.05) is 6.92 Å². The summed E-state index contributed by atoms with van der Waals surface area (Å²) in [6, 6.07) is 1.91. The summed E-state index contributed by atoms with van der Waals surface area (Å²) in [5.74, 6) is 0.302. The van der Waals surface area contributed by atoms with E-state index in [1.54, 1.807) is 14.0 Å². The van der Waals surface area contributed by atoms with Crippen LogP contribution in [0.5, 0.6) is 0 Å². The molecule has 0 aromatic carbocycles. The van der Waals surface area contributed by atoms with E-state index < -0.39 is 5.41 Å². The molecule has 0 heterocycles. The molecule has 1 saturated carbocycles. The van der Waals surface area contributed by atoms with Crippen molar-refractivity contribution in [1.29, 1.82) is 5.26 Å². The predicted molar refractivity (Wildman–Crippen MR) is 55.8 cm³/mol. The minimum Gasteiger partial charge on any atom is -0.394 e. The Labute approximate surface area is 90.5 Å². The van der Waals surface area contributed by atoms with E-state index in [4.69, 9.17) is 10.4 Å². The van der Waals surface area contributed by atoms with Crippen molar-refractivity contribution in [2.45, 2.75) is 32.7 Å². The summed E-state index contributed by atoms with van der Waals surface area (Å²) in [7, 11) is 1.64. The standard InChI is InChI=1S/C11H18N2O2/c1-8-4-11(5-8,7-12)10(15)13(3)9(2)6-14/h8-9,14H,4-6H2,1-3H3. The molecule has 15 heavy (non-hydrogen) atoms. The van der Waals surface area contributed by atoms with Crippen LogP contribution < -0.4 is 0 Å². The van der Waals surface area contributed by atoms with Gasteiger partial charge in [-0.3, -0.25) is 4.79 Å². The molecule has 84 valence electrons. The van der Waals surface area contributed by atoms with Gasteiger partial charge in [0.2, 0.25) is 5.91 Å². The second kappa shape index (κ2) is 4.19. The van der Waals surface area contributed by atoms with Gasteiger partial charge in [0, 0.05) is 7.05 Å². The first-order valence-corrected chi connectivity index (χ1v) is 5.26. The van der Waals surface area contributed by atoms with Gasteiger partial charge in [0.25, 0.3) is 0 Å². The van der Waals surface area contributed by atoms with Crippen LogP contribution in [0.15, 0.2) is 0 Å². The number of hydrogen-bond acceptors (Lipinski definition) is 3. The van der Waals surface area contributed by atoms with Crippen molar-refractivity contribution in [3.63, 3.8) is 0 Å². The lowest BCUT2D eigenvalue weighted by atomic mass is 9.62. The van der Waals surface area contributed by atoms with Gasteiger partial charge in [-0.05, 0) is 25.7 Å². The van der Waals surface area contributed by atoms with Gasteiger partial charge in [0.15, 0.2) is 0 Å². The van der Waals surface area contributed by atoms with E-state index in [0.717, 1.165) is 0 Å². The summed E-state index contributed by atoms with van der Waals surface area (Å²) < 4.78 is 0. The van der Waals surface area contributed by atoms with Gasteiger partial charge in [0.05, 0.1) is 18.7 Å². The number of hydrogen-bond donors (Lipinski definition) is 1. The first-order chi connectivity index (χ1) is 6.96. The molecular weight excluding hydrogens is 192 g/mol. The Balaban J connectivity index is 2.72. The molecule has 0 aromatic heterocycles. The van der Waals surface area contributed by atoms with Gasteiger partial charge in [-0.25, -0.2) is 0 Å². The lowest BCUT2D eigenvalue weighted by Gasteiger charge is -2.42. The average molecular weight is 210 g/mol. The van der Waals surface area contributed by atoms with Crippen molar-refractivity contribution in [2.24, 2.45) is 11.3 Å². The van der Waals surface area contributed by atoms with Gasteiger partial charge in [0.1, 0.15) is 5.41 Å². The zero-order chi connectivity index (χ0) is 11.6. The SMILES string of the molecule is CC1CC(C#N)(C(=O)N(C)C(C)CO)C1. The van der Waals surface area contributed by atoms with Crippen LogP contribution in [0.1, 0.15) is 26.7 Å². The molecule has 1 fully saturated rings. The maximum Gasteiger partial charge on any atom is 0.243 e. The molecule has 1 amide bonds. The molecule has 1 N–H and O–H groups in total. The third-order valence-corrected chi connectivity index (χ3v) is 3.26. The van der Waals surface area contributed by atoms with E-state index >= 15 is 0 Å². The van der Waals surface area contributed by atoms with E-state index in [1.165, 1.54) is 4.90 Å². The number of carbonyl (C=O) groups is 1. The fraction of sp³-hybridized carbons (Fsp3) is 0.818. The molecule has 0 aliphatic heterocycles. The van der Waals surface area contributed by atoms with Crippen molar-refractivity contribution in [3.05, 3.63) is 0 Å². The van der Waals surface area contributed by atoms with Crippen molar-refractivity contribution >= 4 is 5.91 Å². The summed E-state index contributed by atoms with van der Waals surface area (Å²) >= 11 is 0. The van der Waals surface area contributed by atoms with Crippen molar-refractivity contribution < 1.29 is 9.90 Å². The highest BCUT2D eigenvalue weighted by Crippen LogP contribution is 2.46. The topological polar surface area (TPSA) is 64.3 Å². The van der Waals surface area contributed by atoms with Crippen molar-refractivity contribution in [1.82, 2.24) is 4.90 Å². The largest absolute Gasteiger partial charge is 0.394 e. The van der Waals surface area contributed by atoms with Crippen molar-refractivity contribution in [3.8, 4) is 6.07 Å². The lowest BCUT2D eigenvalue weighted by Crippen LogP contribution is -2.51. The Kier molecular flexibility index (Phi) is 3.35. The molecule has 1 aliphatic rings. The van der Waals surface area contributed by atoms with Crippen LogP contribution >= 0.6 is 0 Å². The minimum absolute atomic E-state index is 0.0701. The van der Waals surface area contributed by atoms with Crippen LogP contribution in [0.2, 0.25) is 0 Å². The Morgan fingerprint density at radius 3 is 2.60 bits per heavy atom. The first kappa shape index (κ1) is 12.0. The van der Waals surface area contributed by atoms with Gasteiger partial charge in [-0.15, -0.1) is 0 Å². The number of likely N-dealkylation sites (N-methyl/N-ethyl adjacent to an activating group) is 1. The van der Waals surface area contributed by atoms with Crippen LogP contribution in [0, 0.1) is 22.7 Å². The number of carbonyl (C=O) groups excluding carboxylic acids is 1. The zero-order valence-electron chi connectivity index (χ0n) is 9.53. The summed E-state index contributed by atoms with van der Waals surface area (Å²) in [6.07, 6.45) is 1.29. The van der Waals surface area contributed by atoms with Gasteiger partial charge < -0.3 is 10.0 Å². The second-order valence-electron chi connectivity index (χ2n) is 4.65. The summed E-state index contributed by atoms with van der Waals surface area (Å²) in [5.41, 5.74) is -0.822. The molecule has 0 saturated heterocycles. The molecule has 0 spiro atoms. The highest BCUT2D eigenvalue weighted by molar-refractivity contribution is 5.86. The summed E-state index contributed by atoms with van der Waals surface area (Å²) in [6.45, 7) is 3.74.